The number of fused-ring (bicyclic) bond motifs is 1. The summed E-state index contributed by atoms with van der Waals surface area (Å²) in [5, 5.41) is 5.25. The van der Waals surface area contributed by atoms with E-state index in [-0.39, 0.29) is 0 Å². The molecule has 0 unspecified atom stereocenters. The van der Waals surface area contributed by atoms with Gasteiger partial charge < -0.3 is 9.88 Å². The summed E-state index contributed by atoms with van der Waals surface area (Å²) < 4.78 is 2.24. The summed E-state index contributed by atoms with van der Waals surface area (Å²) in [5.74, 6) is 6.45. The lowest BCUT2D eigenvalue weighted by atomic mass is 10.2. The minimum atomic E-state index is 0.604. The number of anilines is 1. The summed E-state index contributed by atoms with van der Waals surface area (Å²) in [4.78, 5) is 0. The molecule has 2 aromatic carbocycles. The highest BCUT2D eigenvalue weighted by atomic mass is 35.5. The molecule has 110 valence electrons. The number of benzene rings is 2. The van der Waals surface area contributed by atoms with Crippen LogP contribution in [0.5, 0.6) is 0 Å². The van der Waals surface area contributed by atoms with Crippen LogP contribution < -0.4 is 5.32 Å². The summed E-state index contributed by atoms with van der Waals surface area (Å²) in [6.07, 6.45) is 0. The Morgan fingerprint density at radius 3 is 2.64 bits per heavy atom. The van der Waals surface area contributed by atoms with Crippen molar-refractivity contribution in [2.75, 3.05) is 11.9 Å². The highest BCUT2D eigenvalue weighted by Gasteiger charge is 2.03. The van der Waals surface area contributed by atoms with Crippen LogP contribution in [0.1, 0.15) is 12.6 Å². The molecular weight excluding hydrogens is 292 g/mol. The van der Waals surface area contributed by atoms with Crippen LogP contribution in [-0.4, -0.2) is 11.1 Å². The molecule has 3 rings (SSSR count). The van der Waals surface area contributed by atoms with Gasteiger partial charge in [-0.1, -0.05) is 35.7 Å². The van der Waals surface area contributed by atoms with E-state index in [0.29, 0.717) is 6.54 Å². The average Bonchev–Trinajstić information content (AvgIpc) is 2.90. The predicted molar refractivity (Wildman–Crippen MR) is 94.4 cm³/mol. The zero-order valence-electron chi connectivity index (χ0n) is 12.4. The predicted octanol–water partition coefficient (Wildman–Crippen LogP) is 4.78. The Kier molecular flexibility index (Phi) is 4.37. The van der Waals surface area contributed by atoms with Gasteiger partial charge in [-0.05, 0) is 49.2 Å². The molecule has 0 saturated carbocycles. The van der Waals surface area contributed by atoms with Gasteiger partial charge in [-0.2, -0.15) is 0 Å². The monoisotopic (exact) mass is 308 g/mol. The van der Waals surface area contributed by atoms with Crippen molar-refractivity contribution in [2.24, 2.45) is 0 Å². The summed E-state index contributed by atoms with van der Waals surface area (Å²) in [5.41, 5.74) is 3.32. The minimum absolute atomic E-state index is 0.604. The third kappa shape index (κ3) is 3.10. The molecule has 0 radical (unpaired) electrons. The lowest BCUT2D eigenvalue weighted by molar-refractivity contribution is 0.787. The van der Waals surface area contributed by atoms with Crippen LogP contribution in [0.3, 0.4) is 0 Å². The molecule has 0 bridgehead atoms. The Labute approximate surface area is 135 Å². The molecule has 0 aliphatic carbocycles. The molecule has 1 aromatic heterocycles. The van der Waals surface area contributed by atoms with Gasteiger partial charge in [-0.25, -0.2) is 0 Å². The third-order valence-corrected chi connectivity index (χ3v) is 3.82. The SMILES string of the molecule is CCn1c(C#CCNc2ccc(Cl)cc2)cc2ccccc21. The van der Waals surface area contributed by atoms with Crippen LogP contribution in [0.15, 0.2) is 54.6 Å². The highest BCUT2D eigenvalue weighted by molar-refractivity contribution is 6.30. The second-order valence-corrected chi connectivity index (χ2v) is 5.43. The Bertz CT molecular complexity index is 835. The van der Waals surface area contributed by atoms with Crippen molar-refractivity contribution in [1.29, 1.82) is 0 Å². The van der Waals surface area contributed by atoms with Gasteiger partial charge in [0.05, 0.1) is 12.2 Å². The van der Waals surface area contributed by atoms with E-state index in [2.05, 4.69) is 59.0 Å². The number of hydrogen-bond donors (Lipinski definition) is 1. The van der Waals surface area contributed by atoms with Gasteiger partial charge in [-0.15, -0.1) is 0 Å². The lowest BCUT2D eigenvalue weighted by Gasteiger charge is -2.03. The molecule has 0 atom stereocenters. The minimum Gasteiger partial charge on any atom is -0.374 e. The number of hydrogen-bond acceptors (Lipinski definition) is 1. The van der Waals surface area contributed by atoms with Crippen LogP contribution in [-0.2, 0) is 6.54 Å². The molecular formula is C19H17ClN2. The van der Waals surface area contributed by atoms with Crippen molar-refractivity contribution < 1.29 is 0 Å². The van der Waals surface area contributed by atoms with Crippen LogP contribution in [0.4, 0.5) is 5.69 Å². The summed E-state index contributed by atoms with van der Waals surface area (Å²) in [6.45, 7) is 3.67. The van der Waals surface area contributed by atoms with E-state index in [4.69, 9.17) is 11.6 Å². The molecule has 0 saturated heterocycles. The first kappa shape index (κ1) is 14.6. The number of nitrogens with one attached hydrogen (secondary N) is 1. The van der Waals surface area contributed by atoms with Gasteiger partial charge in [0.2, 0.25) is 0 Å². The van der Waals surface area contributed by atoms with Gasteiger partial charge in [0.25, 0.3) is 0 Å². The molecule has 3 aromatic rings. The molecule has 0 spiro atoms. The van der Waals surface area contributed by atoms with E-state index >= 15 is 0 Å². The van der Waals surface area contributed by atoms with Crippen LogP contribution in [0, 0.1) is 11.8 Å². The molecule has 0 aliphatic rings. The standard InChI is InChI=1S/C19H17ClN2/c1-2-22-18(14-15-6-3-4-8-19(15)22)7-5-13-21-17-11-9-16(20)10-12-17/h3-4,6,8-12,14,21H,2,13H2,1H3. The summed E-state index contributed by atoms with van der Waals surface area (Å²) in [7, 11) is 0. The van der Waals surface area contributed by atoms with Gasteiger partial charge in [0.1, 0.15) is 0 Å². The van der Waals surface area contributed by atoms with Gasteiger partial charge >= 0.3 is 0 Å². The van der Waals surface area contributed by atoms with E-state index in [1.807, 2.05) is 24.3 Å². The zero-order chi connectivity index (χ0) is 15.4. The number of aryl methyl sites for hydroxylation is 1. The molecule has 3 heteroatoms. The molecule has 0 amide bonds. The molecule has 2 nitrogen and oxygen atoms in total. The van der Waals surface area contributed by atoms with Crippen molar-refractivity contribution in [2.45, 2.75) is 13.5 Å². The summed E-state index contributed by atoms with van der Waals surface area (Å²) in [6, 6.07) is 18.2. The smallest absolute Gasteiger partial charge is 0.0931 e. The lowest BCUT2D eigenvalue weighted by Crippen LogP contribution is -2.00. The number of nitrogens with zero attached hydrogens (tertiary/aromatic N) is 1. The van der Waals surface area contributed by atoms with Crippen molar-refractivity contribution in [3.8, 4) is 11.8 Å². The maximum Gasteiger partial charge on any atom is 0.0931 e. The largest absolute Gasteiger partial charge is 0.374 e. The van der Waals surface area contributed by atoms with Crippen LogP contribution in [0.2, 0.25) is 5.02 Å². The third-order valence-electron chi connectivity index (χ3n) is 3.57. The van der Waals surface area contributed by atoms with Crippen molar-refractivity contribution >= 4 is 28.2 Å². The fourth-order valence-electron chi connectivity index (χ4n) is 2.50. The highest BCUT2D eigenvalue weighted by Crippen LogP contribution is 2.19. The normalized spacial score (nSPS) is 10.3. The van der Waals surface area contributed by atoms with Crippen molar-refractivity contribution in [3.05, 3.63) is 65.3 Å². The number of para-hydroxylation sites is 1. The Balaban J connectivity index is 1.75. The molecule has 22 heavy (non-hydrogen) atoms. The average molecular weight is 309 g/mol. The Morgan fingerprint density at radius 2 is 1.86 bits per heavy atom. The van der Waals surface area contributed by atoms with Gasteiger partial charge in [0.15, 0.2) is 0 Å². The van der Waals surface area contributed by atoms with Crippen molar-refractivity contribution in [1.82, 2.24) is 4.57 Å². The zero-order valence-corrected chi connectivity index (χ0v) is 13.2. The van der Waals surface area contributed by atoms with E-state index < -0.39 is 0 Å². The van der Waals surface area contributed by atoms with Gasteiger partial charge in [0, 0.05) is 28.2 Å². The molecule has 0 aliphatic heterocycles. The van der Waals surface area contributed by atoms with Crippen molar-refractivity contribution in [3.63, 3.8) is 0 Å². The van der Waals surface area contributed by atoms with E-state index in [1.165, 1.54) is 10.9 Å². The first-order chi connectivity index (χ1) is 10.8. The summed E-state index contributed by atoms with van der Waals surface area (Å²) >= 11 is 5.87. The molecule has 0 fully saturated rings. The van der Waals surface area contributed by atoms with E-state index in [9.17, 15) is 0 Å². The van der Waals surface area contributed by atoms with Crippen LogP contribution in [0.25, 0.3) is 10.9 Å². The first-order valence-electron chi connectivity index (χ1n) is 7.34. The maximum absolute atomic E-state index is 5.87. The number of halogens is 1. The van der Waals surface area contributed by atoms with Gasteiger partial charge in [-0.3, -0.25) is 0 Å². The van der Waals surface area contributed by atoms with E-state index in [0.717, 1.165) is 22.9 Å². The Morgan fingerprint density at radius 1 is 1.09 bits per heavy atom. The fraction of sp³-hybridized carbons (Fsp3) is 0.158. The van der Waals surface area contributed by atoms with E-state index in [1.54, 1.807) is 0 Å². The number of aromatic nitrogens is 1. The maximum atomic E-state index is 5.87. The second kappa shape index (κ2) is 6.60. The Hall–Kier alpha value is -2.37. The van der Waals surface area contributed by atoms with Crippen LogP contribution >= 0.6 is 11.6 Å². The molecule has 1 N–H and O–H groups in total. The topological polar surface area (TPSA) is 17.0 Å². The first-order valence-corrected chi connectivity index (χ1v) is 7.72. The second-order valence-electron chi connectivity index (χ2n) is 4.99. The fourth-order valence-corrected chi connectivity index (χ4v) is 2.63. The number of rotatable bonds is 3. The molecule has 1 heterocycles. The quantitative estimate of drug-likeness (QED) is 0.689.